The van der Waals surface area contributed by atoms with Gasteiger partial charge < -0.3 is 5.32 Å². The lowest BCUT2D eigenvalue weighted by molar-refractivity contribution is 0.102. The smallest absolute Gasteiger partial charge is 0.256 e. The number of halogens is 1. The molecule has 0 saturated heterocycles. The molecule has 0 bridgehead atoms. The Labute approximate surface area is 150 Å². The van der Waals surface area contributed by atoms with Crippen molar-refractivity contribution in [2.24, 2.45) is 0 Å². The van der Waals surface area contributed by atoms with Crippen LogP contribution in [0.25, 0.3) is 10.9 Å². The number of nitrogens with zero attached hydrogens (tertiary/aromatic N) is 1. The predicted molar refractivity (Wildman–Crippen MR) is 103 cm³/mol. The van der Waals surface area contributed by atoms with Gasteiger partial charge in [0.2, 0.25) is 0 Å². The number of nitrogens with one attached hydrogen (secondary N) is 1. The largest absolute Gasteiger partial charge is 0.322 e. The normalized spacial score (nSPS) is 11.0. The van der Waals surface area contributed by atoms with Gasteiger partial charge in [0.05, 0.1) is 11.1 Å². The van der Waals surface area contributed by atoms with Crippen LogP contribution in [-0.4, -0.2) is 10.9 Å². The number of aryl methyl sites for hydroxylation is 1. The number of pyridine rings is 1. The minimum Gasteiger partial charge on any atom is -0.322 e. The van der Waals surface area contributed by atoms with Crippen molar-refractivity contribution >= 4 is 38.4 Å². The summed E-state index contributed by atoms with van der Waals surface area (Å²) in [6.07, 6.45) is 0. The zero-order chi connectivity index (χ0) is 17.3. The summed E-state index contributed by atoms with van der Waals surface area (Å²) in [5.41, 5.74) is 4.26. The number of carbonyl (C=O) groups is 1. The number of carbonyl (C=O) groups excluding carboxylic acids is 1. The van der Waals surface area contributed by atoms with Crippen molar-refractivity contribution in [3.63, 3.8) is 0 Å². The number of para-hydroxylation sites is 1. The van der Waals surface area contributed by atoms with Crippen LogP contribution in [0.3, 0.4) is 0 Å². The molecule has 0 fully saturated rings. The van der Waals surface area contributed by atoms with E-state index in [1.165, 1.54) is 0 Å². The van der Waals surface area contributed by atoms with Crippen LogP contribution in [0.4, 0.5) is 5.69 Å². The lowest BCUT2D eigenvalue weighted by atomic mass is 10.0. The molecule has 0 saturated carbocycles. The molecule has 1 aromatic heterocycles. The molecule has 4 heteroatoms. The molecule has 0 spiro atoms. The lowest BCUT2D eigenvalue weighted by Crippen LogP contribution is -2.14. The summed E-state index contributed by atoms with van der Waals surface area (Å²) in [6, 6.07) is 15.5. The molecule has 0 aliphatic rings. The first-order chi connectivity index (χ1) is 11.5. The Kier molecular flexibility index (Phi) is 4.67. The average molecular weight is 383 g/mol. The van der Waals surface area contributed by atoms with E-state index in [9.17, 15) is 4.79 Å². The number of anilines is 1. The molecule has 0 aliphatic heterocycles. The number of fused-ring (bicyclic) bond motifs is 1. The van der Waals surface area contributed by atoms with Crippen molar-refractivity contribution < 1.29 is 4.79 Å². The maximum absolute atomic E-state index is 12.9. The van der Waals surface area contributed by atoms with Gasteiger partial charge in [0, 0.05) is 21.2 Å². The van der Waals surface area contributed by atoms with Crippen molar-refractivity contribution in [2.45, 2.75) is 26.7 Å². The fourth-order valence-corrected chi connectivity index (χ4v) is 3.11. The summed E-state index contributed by atoms with van der Waals surface area (Å²) in [7, 11) is 0. The second-order valence-corrected chi connectivity index (χ2v) is 7.10. The monoisotopic (exact) mass is 382 g/mol. The van der Waals surface area contributed by atoms with E-state index < -0.39 is 0 Å². The highest BCUT2D eigenvalue weighted by Crippen LogP contribution is 2.25. The first-order valence-corrected chi connectivity index (χ1v) is 8.72. The average Bonchev–Trinajstić information content (AvgIpc) is 2.56. The minimum absolute atomic E-state index is 0.110. The molecule has 0 aliphatic carbocycles. The summed E-state index contributed by atoms with van der Waals surface area (Å²) in [5.74, 6) is 0.150. The molecule has 0 radical (unpaired) electrons. The Hall–Kier alpha value is -2.20. The van der Waals surface area contributed by atoms with Gasteiger partial charge in [0.25, 0.3) is 5.91 Å². The van der Waals surface area contributed by atoms with Crippen LogP contribution in [0.1, 0.15) is 41.4 Å². The zero-order valence-electron chi connectivity index (χ0n) is 13.9. The third-order valence-electron chi connectivity index (χ3n) is 4.01. The molecule has 1 amide bonds. The molecule has 24 heavy (non-hydrogen) atoms. The maximum Gasteiger partial charge on any atom is 0.256 e. The van der Waals surface area contributed by atoms with Crippen molar-refractivity contribution in [2.75, 3.05) is 5.32 Å². The number of hydrogen-bond acceptors (Lipinski definition) is 2. The van der Waals surface area contributed by atoms with Crippen molar-refractivity contribution in [3.8, 4) is 0 Å². The van der Waals surface area contributed by atoms with Crippen LogP contribution in [-0.2, 0) is 0 Å². The Morgan fingerprint density at radius 2 is 1.88 bits per heavy atom. The molecule has 1 heterocycles. The molecule has 3 nitrogen and oxygen atoms in total. The standard InChI is InChI=1S/C20H19BrN2O/c1-12(2)19-11-16(15-6-4-5-7-18(15)22-19)20(24)23-17-9-8-14(21)10-13(17)3/h4-12H,1-3H3,(H,23,24). The Morgan fingerprint density at radius 1 is 1.12 bits per heavy atom. The molecule has 1 N–H and O–H groups in total. The maximum atomic E-state index is 12.9. The molecule has 3 aromatic rings. The van der Waals surface area contributed by atoms with Crippen LogP contribution < -0.4 is 5.32 Å². The number of amides is 1. The highest BCUT2D eigenvalue weighted by molar-refractivity contribution is 9.10. The molecule has 3 rings (SSSR count). The van der Waals surface area contributed by atoms with Crippen molar-refractivity contribution in [1.29, 1.82) is 0 Å². The third-order valence-corrected chi connectivity index (χ3v) is 4.50. The molecule has 0 atom stereocenters. The van der Waals surface area contributed by atoms with E-state index in [1.807, 2.05) is 55.5 Å². The highest BCUT2D eigenvalue weighted by atomic mass is 79.9. The van der Waals surface area contributed by atoms with Crippen LogP contribution in [0.5, 0.6) is 0 Å². The van der Waals surface area contributed by atoms with Gasteiger partial charge in [-0.3, -0.25) is 9.78 Å². The van der Waals surface area contributed by atoms with E-state index in [-0.39, 0.29) is 11.8 Å². The summed E-state index contributed by atoms with van der Waals surface area (Å²) in [5, 5.41) is 3.89. The highest BCUT2D eigenvalue weighted by Gasteiger charge is 2.15. The second-order valence-electron chi connectivity index (χ2n) is 6.18. The SMILES string of the molecule is Cc1cc(Br)ccc1NC(=O)c1cc(C(C)C)nc2ccccc12. The number of aromatic nitrogens is 1. The van der Waals surface area contributed by atoms with Gasteiger partial charge in [-0.2, -0.15) is 0 Å². The Bertz CT molecular complexity index is 919. The quantitative estimate of drug-likeness (QED) is 0.632. The summed E-state index contributed by atoms with van der Waals surface area (Å²) < 4.78 is 0.995. The third kappa shape index (κ3) is 3.34. The van der Waals surface area contributed by atoms with Gasteiger partial charge in [-0.05, 0) is 48.7 Å². The van der Waals surface area contributed by atoms with Gasteiger partial charge in [0.1, 0.15) is 0 Å². The molecule has 2 aromatic carbocycles. The van der Waals surface area contributed by atoms with E-state index in [4.69, 9.17) is 0 Å². The summed E-state index contributed by atoms with van der Waals surface area (Å²) in [6.45, 7) is 6.14. The molecular formula is C20H19BrN2O. The molecule has 0 unspecified atom stereocenters. The van der Waals surface area contributed by atoms with Crippen molar-refractivity contribution in [3.05, 3.63) is 69.8 Å². The summed E-state index contributed by atoms with van der Waals surface area (Å²) >= 11 is 3.44. The fourth-order valence-electron chi connectivity index (χ4n) is 2.64. The van der Waals surface area contributed by atoms with Crippen LogP contribution in [0.2, 0.25) is 0 Å². The minimum atomic E-state index is -0.110. The van der Waals surface area contributed by atoms with E-state index >= 15 is 0 Å². The van der Waals surface area contributed by atoms with Crippen LogP contribution in [0, 0.1) is 6.92 Å². The number of benzene rings is 2. The van der Waals surface area contributed by atoms with E-state index in [0.29, 0.717) is 5.56 Å². The Balaban J connectivity index is 2.05. The second kappa shape index (κ2) is 6.73. The van der Waals surface area contributed by atoms with E-state index in [1.54, 1.807) is 0 Å². The number of rotatable bonds is 3. The van der Waals surface area contributed by atoms with Crippen LogP contribution in [0.15, 0.2) is 53.0 Å². The first-order valence-electron chi connectivity index (χ1n) is 7.93. The lowest BCUT2D eigenvalue weighted by Gasteiger charge is -2.13. The zero-order valence-corrected chi connectivity index (χ0v) is 15.5. The topological polar surface area (TPSA) is 42.0 Å². The number of hydrogen-bond donors (Lipinski definition) is 1. The molecular weight excluding hydrogens is 364 g/mol. The van der Waals surface area contributed by atoms with E-state index in [2.05, 4.69) is 40.1 Å². The van der Waals surface area contributed by atoms with Crippen LogP contribution >= 0.6 is 15.9 Å². The fraction of sp³-hybridized carbons (Fsp3) is 0.200. The van der Waals surface area contributed by atoms with Gasteiger partial charge in [-0.25, -0.2) is 0 Å². The summed E-state index contributed by atoms with van der Waals surface area (Å²) in [4.78, 5) is 17.6. The molecule has 122 valence electrons. The van der Waals surface area contributed by atoms with Crippen molar-refractivity contribution in [1.82, 2.24) is 4.98 Å². The Morgan fingerprint density at radius 3 is 2.58 bits per heavy atom. The predicted octanol–water partition coefficient (Wildman–Crippen LogP) is 5.68. The van der Waals surface area contributed by atoms with Gasteiger partial charge in [-0.1, -0.05) is 48.0 Å². The van der Waals surface area contributed by atoms with Gasteiger partial charge in [-0.15, -0.1) is 0 Å². The van der Waals surface area contributed by atoms with Gasteiger partial charge >= 0.3 is 0 Å². The first kappa shape index (κ1) is 16.7. The van der Waals surface area contributed by atoms with Gasteiger partial charge in [0.15, 0.2) is 0 Å². The van der Waals surface area contributed by atoms with E-state index in [0.717, 1.165) is 32.3 Å².